The molecule has 0 spiro atoms. The van der Waals surface area contributed by atoms with Crippen LogP contribution in [0.25, 0.3) is 0 Å². The van der Waals surface area contributed by atoms with Gasteiger partial charge in [-0.15, -0.1) is 0 Å². The second-order valence-corrected chi connectivity index (χ2v) is 5.73. The van der Waals surface area contributed by atoms with Crippen molar-refractivity contribution < 1.29 is 0 Å². The summed E-state index contributed by atoms with van der Waals surface area (Å²) in [6.45, 7) is 5.58. The van der Waals surface area contributed by atoms with E-state index in [1.807, 2.05) is 0 Å². The van der Waals surface area contributed by atoms with Gasteiger partial charge in [-0.25, -0.2) is 0 Å². The molecule has 1 saturated heterocycles. The number of hydrogen-bond donors (Lipinski definition) is 1. The number of nitrogens with zero attached hydrogens (tertiary/aromatic N) is 2. The van der Waals surface area contributed by atoms with E-state index in [0.717, 1.165) is 24.7 Å². The third kappa shape index (κ3) is 3.16. The molecule has 1 fully saturated rings. The number of hydrogen-bond acceptors (Lipinski definition) is 3. The van der Waals surface area contributed by atoms with Crippen molar-refractivity contribution in [2.45, 2.75) is 19.8 Å². The molecule has 100 valence electrons. The van der Waals surface area contributed by atoms with Gasteiger partial charge in [0.25, 0.3) is 0 Å². The Bertz CT molecular complexity index is 393. The average Bonchev–Trinajstić information content (AvgIpc) is 2.33. The molecular formula is C15H25N3. The van der Waals surface area contributed by atoms with Gasteiger partial charge < -0.3 is 15.5 Å². The van der Waals surface area contributed by atoms with E-state index in [2.05, 4.69) is 49.0 Å². The first-order chi connectivity index (χ1) is 8.56. The van der Waals surface area contributed by atoms with Gasteiger partial charge in [0.2, 0.25) is 0 Å². The highest BCUT2D eigenvalue weighted by Crippen LogP contribution is 2.26. The van der Waals surface area contributed by atoms with Crippen molar-refractivity contribution >= 4 is 11.4 Å². The van der Waals surface area contributed by atoms with E-state index in [1.54, 1.807) is 0 Å². The minimum Gasteiger partial charge on any atom is -0.398 e. The van der Waals surface area contributed by atoms with Crippen LogP contribution in [0.4, 0.5) is 11.4 Å². The minimum absolute atomic E-state index is 0.846. The fourth-order valence-corrected chi connectivity index (χ4v) is 2.71. The van der Waals surface area contributed by atoms with E-state index in [-0.39, 0.29) is 0 Å². The summed E-state index contributed by atoms with van der Waals surface area (Å²) in [5, 5.41) is 0. The molecule has 2 rings (SSSR count). The van der Waals surface area contributed by atoms with E-state index in [9.17, 15) is 0 Å². The Balaban J connectivity index is 1.94. The quantitative estimate of drug-likeness (QED) is 0.832. The smallest absolute Gasteiger partial charge is 0.0387 e. The van der Waals surface area contributed by atoms with Gasteiger partial charge in [-0.05, 0) is 57.5 Å². The summed E-state index contributed by atoms with van der Waals surface area (Å²) >= 11 is 0. The number of benzene rings is 1. The predicted molar refractivity (Wildman–Crippen MR) is 79.1 cm³/mol. The van der Waals surface area contributed by atoms with Gasteiger partial charge in [0.1, 0.15) is 0 Å². The van der Waals surface area contributed by atoms with Crippen molar-refractivity contribution in [1.29, 1.82) is 0 Å². The summed E-state index contributed by atoms with van der Waals surface area (Å²) in [4.78, 5) is 4.76. The summed E-state index contributed by atoms with van der Waals surface area (Å²) in [6.07, 6.45) is 2.57. The molecule has 1 aliphatic heterocycles. The lowest BCUT2D eigenvalue weighted by Gasteiger charge is -2.34. The zero-order valence-electron chi connectivity index (χ0n) is 11.8. The zero-order chi connectivity index (χ0) is 13.1. The van der Waals surface area contributed by atoms with Crippen LogP contribution in [0, 0.1) is 12.8 Å². The van der Waals surface area contributed by atoms with Gasteiger partial charge in [0.15, 0.2) is 0 Å². The fraction of sp³-hybridized carbons (Fsp3) is 0.600. The molecule has 0 atom stereocenters. The third-order valence-electron chi connectivity index (χ3n) is 3.87. The maximum atomic E-state index is 5.99. The molecule has 2 N–H and O–H groups in total. The van der Waals surface area contributed by atoms with Crippen LogP contribution in [0.3, 0.4) is 0 Å². The number of nitrogen functional groups attached to an aromatic ring is 1. The Morgan fingerprint density at radius 1 is 1.28 bits per heavy atom. The molecule has 1 heterocycles. The van der Waals surface area contributed by atoms with E-state index in [0.29, 0.717) is 0 Å². The molecule has 1 aliphatic rings. The Labute approximate surface area is 111 Å². The second-order valence-electron chi connectivity index (χ2n) is 5.73. The van der Waals surface area contributed by atoms with Crippen molar-refractivity contribution in [1.82, 2.24) is 4.90 Å². The van der Waals surface area contributed by atoms with Gasteiger partial charge in [-0.2, -0.15) is 0 Å². The molecule has 0 radical (unpaired) electrons. The largest absolute Gasteiger partial charge is 0.398 e. The number of rotatable bonds is 3. The molecule has 0 aliphatic carbocycles. The van der Waals surface area contributed by atoms with Gasteiger partial charge in [0.05, 0.1) is 0 Å². The van der Waals surface area contributed by atoms with Crippen LogP contribution in [0.5, 0.6) is 0 Å². The number of piperidine rings is 1. The fourth-order valence-electron chi connectivity index (χ4n) is 2.71. The van der Waals surface area contributed by atoms with E-state index in [4.69, 9.17) is 5.73 Å². The van der Waals surface area contributed by atoms with Crippen molar-refractivity contribution in [2.24, 2.45) is 5.92 Å². The molecular weight excluding hydrogens is 222 g/mol. The van der Waals surface area contributed by atoms with E-state index < -0.39 is 0 Å². The van der Waals surface area contributed by atoms with Gasteiger partial charge in [0, 0.05) is 31.0 Å². The zero-order valence-corrected chi connectivity index (χ0v) is 11.8. The van der Waals surface area contributed by atoms with Gasteiger partial charge in [-0.3, -0.25) is 0 Å². The van der Waals surface area contributed by atoms with Crippen molar-refractivity contribution in [3.05, 3.63) is 23.8 Å². The third-order valence-corrected chi connectivity index (χ3v) is 3.87. The SMILES string of the molecule is Cc1ccc(N2CCC(CN(C)C)CC2)cc1N. The summed E-state index contributed by atoms with van der Waals surface area (Å²) in [7, 11) is 4.32. The van der Waals surface area contributed by atoms with Crippen LogP contribution in [-0.2, 0) is 0 Å². The molecule has 0 bridgehead atoms. The normalized spacial score (nSPS) is 17.4. The van der Waals surface area contributed by atoms with Crippen LogP contribution in [0.2, 0.25) is 0 Å². The summed E-state index contributed by atoms with van der Waals surface area (Å²) < 4.78 is 0. The summed E-state index contributed by atoms with van der Waals surface area (Å²) in [5.74, 6) is 0.846. The lowest BCUT2D eigenvalue weighted by atomic mass is 9.96. The number of aryl methyl sites for hydroxylation is 1. The lowest BCUT2D eigenvalue weighted by Crippen LogP contribution is -2.37. The van der Waals surface area contributed by atoms with Crippen LogP contribution in [0.1, 0.15) is 18.4 Å². The first-order valence-corrected chi connectivity index (χ1v) is 6.82. The molecule has 0 amide bonds. The number of anilines is 2. The highest BCUT2D eigenvalue weighted by molar-refractivity contribution is 5.59. The Morgan fingerprint density at radius 3 is 2.50 bits per heavy atom. The highest BCUT2D eigenvalue weighted by atomic mass is 15.1. The Kier molecular flexibility index (Phi) is 4.12. The monoisotopic (exact) mass is 247 g/mol. The van der Waals surface area contributed by atoms with Crippen LogP contribution in [-0.4, -0.2) is 38.6 Å². The molecule has 18 heavy (non-hydrogen) atoms. The van der Waals surface area contributed by atoms with E-state index >= 15 is 0 Å². The minimum atomic E-state index is 0.846. The number of nitrogens with two attached hydrogens (primary N) is 1. The van der Waals surface area contributed by atoms with E-state index in [1.165, 1.54) is 30.6 Å². The van der Waals surface area contributed by atoms with Crippen molar-refractivity contribution in [2.75, 3.05) is 44.4 Å². The first kappa shape index (κ1) is 13.2. The topological polar surface area (TPSA) is 32.5 Å². The molecule has 1 aromatic rings. The maximum Gasteiger partial charge on any atom is 0.0387 e. The molecule has 3 heteroatoms. The maximum absolute atomic E-state index is 5.99. The van der Waals surface area contributed by atoms with Crippen LogP contribution in [0.15, 0.2) is 18.2 Å². The molecule has 0 unspecified atom stereocenters. The van der Waals surface area contributed by atoms with Crippen LogP contribution >= 0.6 is 0 Å². The van der Waals surface area contributed by atoms with Gasteiger partial charge >= 0.3 is 0 Å². The predicted octanol–water partition coefficient (Wildman–Crippen LogP) is 2.36. The first-order valence-electron chi connectivity index (χ1n) is 6.82. The van der Waals surface area contributed by atoms with Crippen molar-refractivity contribution in [3.63, 3.8) is 0 Å². The Hall–Kier alpha value is -1.22. The molecule has 0 aromatic heterocycles. The molecule has 3 nitrogen and oxygen atoms in total. The van der Waals surface area contributed by atoms with Gasteiger partial charge in [-0.1, -0.05) is 6.07 Å². The van der Waals surface area contributed by atoms with Crippen LogP contribution < -0.4 is 10.6 Å². The average molecular weight is 247 g/mol. The highest BCUT2D eigenvalue weighted by Gasteiger charge is 2.19. The summed E-state index contributed by atoms with van der Waals surface area (Å²) in [5.41, 5.74) is 9.34. The lowest BCUT2D eigenvalue weighted by molar-refractivity contribution is 0.285. The second kappa shape index (κ2) is 5.61. The Morgan fingerprint density at radius 2 is 1.94 bits per heavy atom. The summed E-state index contributed by atoms with van der Waals surface area (Å²) in [6, 6.07) is 6.43. The molecule has 1 aromatic carbocycles. The molecule has 0 saturated carbocycles. The standard InChI is InChI=1S/C15H25N3/c1-12-4-5-14(10-15(12)16)18-8-6-13(7-9-18)11-17(2)3/h4-5,10,13H,6-9,11,16H2,1-3H3. The van der Waals surface area contributed by atoms with Crippen molar-refractivity contribution in [3.8, 4) is 0 Å².